The van der Waals surface area contributed by atoms with Crippen LogP contribution in [-0.4, -0.2) is 55.8 Å². The summed E-state index contributed by atoms with van der Waals surface area (Å²) in [7, 11) is 1.54. The summed E-state index contributed by atoms with van der Waals surface area (Å²) >= 11 is 0.990. The quantitative estimate of drug-likeness (QED) is 0.758. The molecule has 0 radical (unpaired) electrons. The van der Waals surface area contributed by atoms with Crippen LogP contribution < -0.4 is 10.8 Å². The van der Waals surface area contributed by atoms with Crippen molar-refractivity contribution in [2.24, 2.45) is 5.90 Å². The fourth-order valence-corrected chi connectivity index (χ4v) is 3.77. The predicted molar refractivity (Wildman–Crippen MR) is 81.7 cm³/mol. The van der Waals surface area contributed by atoms with Crippen LogP contribution in [0.2, 0.25) is 0 Å². The van der Waals surface area contributed by atoms with E-state index in [1.54, 1.807) is 12.1 Å². The molecule has 0 aliphatic carbocycles. The standard InChI is InChI=1S/C11H17N5O3S2/c1-15(2)8-4-5-9(11-10(8)13-20-14-11)21(17,18)16(3)6-7-19-12/h4-5H,6-7,12H2,1-3H3. The lowest BCUT2D eigenvalue weighted by molar-refractivity contribution is 0.129. The van der Waals surface area contributed by atoms with Crippen molar-refractivity contribution in [3.8, 4) is 0 Å². The van der Waals surface area contributed by atoms with Crippen molar-refractivity contribution in [2.75, 3.05) is 39.2 Å². The van der Waals surface area contributed by atoms with Gasteiger partial charge in [0.05, 0.1) is 24.0 Å². The summed E-state index contributed by atoms with van der Waals surface area (Å²) in [4.78, 5) is 6.43. The minimum Gasteiger partial charge on any atom is -0.376 e. The molecule has 2 aromatic rings. The summed E-state index contributed by atoms with van der Waals surface area (Å²) in [5, 5.41) is 0. The molecule has 0 spiro atoms. The van der Waals surface area contributed by atoms with Gasteiger partial charge in [-0.15, -0.1) is 0 Å². The minimum atomic E-state index is -3.67. The third-order valence-electron chi connectivity index (χ3n) is 3.05. The summed E-state index contributed by atoms with van der Waals surface area (Å²) < 4.78 is 34.7. The van der Waals surface area contributed by atoms with E-state index in [9.17, 15) is 8.42 Å². The monoisotopic (exact) mass is 331 g/mol. The number of anilines is 1. The molecule has 0 fully saturated rings. The van der Waals surface area contributed by atoms with Gasteiger partial charge in [-0.1, -0.05) is 0 Å². The van der Waals surface area contributed by atoms with Crippen molar-refractivity contribution in [3.05, 3.63) is 12.1 Å². The molecule has 8 nitrogen and oxygen atoms in total. The molecule has 1 aromatic heterocycles. The first kappa shape index (κ1) is 16.0. The molecule has 116 valence electrons. The van der Waals surface area contributed by atoms with E-state index in [1.807, 2.05) is 19.0 Å². The summed E-state index contributed by atoms with van der Waals surface area (Å²) in [6.45, 7) is 0.275. The van der Waals surface area contributed by atoms with Gasteiger partial charge in [-0.3, -0.25) is 0 Å². The first-order valence-electron chi connectivity index (χ1n) is 6.10. The number of benzene rings is 1. The number of rotatable bonds is 6. The van der Waals surface area contributed by atoms with Crippen LogP contribution in [0.4, 0.5) is 5.69 Å². The Morgan fingerprint density at radius 2 is 1.90 bits per heavy atom. The molecule has 0 aliphatic heterocycles. The van der Waals surface area contributed by atoms with Crippen LogP contribution in [0.1, 0.15) is 0 Å². The van der Waals surface area contributed by atoms with Gasteiger partial charge in [0, 0.05) is 27.7 Å². The molecular formula is C11H17N5O3S2. The van der Waals surface area contributed by atoms with E-state index in [4.69, 9.17) is 5.90 Å². The minimum absolute atomic E-state index is 0.115. The Morgan fingerprint density at radius 3 is 2.52 bits per heavy atom. The molecule has 0 unspecified atom stereocenters. The van der Waals surface area contributed by atoms with Gasteiger partial charge in [-0.25, -0.2) is 14.3 Å². The normalized spacial score (nSPS) is 12.2. The Hall–Kier alpha value is -1.33. The third-order valence-corrected chi connectivity index (χ3v) is 5.47. The summed E-state index contributed by atoms with van der Waals surface area (Å²) in [5.41, 5.74) is 1.78. The van der Waals surface area contributed by atoms with Gasteiger partial charge in [-0.05, 0) is 12.1 Å². The summed E-state index contributed by atoms with van der Waals surface area (Å²) in [5.74, 6) is 4.94. The van der Waals surface area contributed by atoms with Gasteiger partial charge in [0.2, 0.25) is 10.0 Å². The third kappa shape index (κ3) is 2.99. The number of nitrogens with zero attached hydrogens (tertiary/aromatic N) is 4. The Bertz CT molecular complexity index is 729. The lowest BCUT2D eigenvalue weighted by Crippen LogP contribution is -2.31. The zero-order valence-electron chi connectivity index (χ0n) is 12.0. The summed E-state index contributed by atoms with van der Waals surface area (Å²) in [6, 6.07) is 3.28. The fourth-order valence-electron chi connectivity index (χ4n) is 1.87. The molecule has 0 saturated heterocycles. The van der Waals surface area contributed by atoms with Crippen molar-refractivity contribution in [1.29, 1.82) is 0 Å². The topological polar surface area (TPSA) is 102 Å². The Morgan fingerprint density at radius 1 is 1.24 bits per heavy atom. The van der Waals surface area contributed by atoms with Crippen LogP contribution >= 0.6 is 11.7 Å². The SMILES string of the molecule is CN(C)c1ccc(S(=O)(=O)N(C)CCON)c2nsnc12. The molecule has 0 bridgehead atoms. The molecule has 2 rings (SSSR count). The van der Waals surface area contributed by atoms with Crippen LogP contribution in [0.3, 0.4) is 0 Å². The van der Waals surface area contributed by atoms with E-state index in [-0.39, 0.29) is 18.0 Å². The highest BCUT2D eigenvalue weighted by Crippen LogP contribution is 2.30. The number of hydrogen-bond donors (Lipinski definition) is 1. The maximum absolute atomic E-state index is 12.6. The number of fused-ring (bicyclic) bond motifs is 1. The van der Waals surface area contributed by atoms with E-state index < -0.39 is 10.0 Å². The highest BCUT2D eigenvalue weighted by atomic mass is 32.2. The molecule has 21 heavy (non-hydrogen) atoms. The molecule has 2 N–H and O–H groups in total. The highest BCUT2D eigenvalue weighted by Gasteiger charge is 2.26. The lowest BCUT2D eigenvalue weighted by atomic mass is 10.2. The predicted octanol–water partition coefficient (Wildman–Crippen LogP) is 0.268. The molecule has 0 saturated carbocycles. The van der Waals surface area contributed by atoms with Crippen molar-refractivity contribution < 1.29 is 13.3 Å². The number of likely N-dealkylation sites (N-methyl/N-ethyl adjacent to an activating group) is 1. The number of aromatic nitrogens is 2. The maximum atomic E-state index is 12.6. The van der Waals surface area contributed by atoms with E-state index >= 15 is 0 Å². The van der Waals surface area contributed by atoms with Crippen molar-refractivity contribution >= 4 is 38.5 Å². The molecule has 1 aromatic carbocycles. The van der Waals surface area contributed by atoms with Gasteiger partial charge < -0.3 is 9.74 Å². The zero-order chi connectivity index (χ0) is 15.6. The Balaban J connectivity index is 2.52. The van der Waals surface area contributed by atoms with E-state index in [2.05, 4.69) is 13.6 Å². The smallest absolute Gasteiger partial charge is 0.245 e. The maximum Gasteiger partial charge on any atom is 0.245 e. The number of sulfonamides is 1. The first-order valence-corrected chi connectivity index (χ1v) is 8.27. The van der Waals surface area contributed by atoms with E-state index in [0.29, 0.717) is 11.0 Å². The highest BCUT2D eigenvalue weighted by molar-refractivity contribution is 7.89. The lowest BCUT2D eigenvalue weighted by Gasteiger charge is -2.18. The Labute approximate surface area is 127 Å². The van der Waals surface area contributed by atoms with Crippen molar-refractivity contribution in [1.82, 2.24) is 13.1 Å². The fraction of sp³-hybridized carbons (Fsp3) is 0.455. The van der Waals surface area contributed by atoms with Crippen molar-refractivity contribution in [2.45, 2.75) is 4.90 Å². The van der Waals surface area contributed by atoms with Gasteiger partial charge in [0.15, 0.2) is 0 Å². The van der Waals surface area contributed by atoms with Crippen LogP contribution in [0, 0.1) is 0 Å². The second-order valence-electron chi connectivity index (χ2n) is 4.64. The summed E-state index contributed by atoms with van der Waals surface area (Å²) in [6.07, 6.45) is 0. The van der Waals surface area contributed by atoms with Crippen LogP contribution in [-0.2, 0) is 14.9 Å². The van der Waals surface area contributed by atoms with E-state index in [0.717, 1.165) is 17.4 Å². The molecular weight excluding hydrogens is 314 g/mol. The van der Waals surface area contributed by atoms with Gasteiger partial charge in [0.1, 0.15) is 15.9 Å². The second kappa shape index (κ2) is 6.20. The van der Waals surface area contributed by atoms with Crippen molar-refractivity contribution in [3.63, 3.8) is 0 Å². The molecule has 0 amide bonds. The molecule has 1 heterocycles. The largest absolute Gasteiger partial charge is 0.376 e. The van der Waals surface area contributed by atoms with Crippen LogP contribution in [0.25, 0.3) is 11.0 Å². The molecule has 10 heteroatoms. The number of nitrogens with two attached hydrogens (primary N) is 1. The average molecular weight is 331 g/mol. The zero-order valence-corrected chi connectivity index (χ0v) is 13.6. The Kier molecular flexibility index (Phi) is 4.74. The van der Waals surface area contributed by atoms with Gasteiger partial charge in [-0.2, -0.15) is 13.1 Å². The van der Waals surface area contributed by atoms with E-state index in [1.165, 1.54) is 11.4 Å². The molecule has 0 atom stereocenters. The molecule has 0 aliphatic rings. The number of hydrogen-bond acceptors (Lipinski definition) is 8. The van der Waals surface area contributed by atoms with Crippen LogP contribution in [0.5, 0.6) is 0 Å². The average Bonchev–Trinajstić information content (AvgIpc) is 2.92. The van der Waals surface area contributed by atoms with Crippen LogP contribution in [0.15, 0.2) is 17.0 Å². The first-order chi connectivity index (χ1) is 9.89. The van der Waals surface area contributed by atoms with Gasteiger partial charge >= 0.3 is 0 Å². The van der Waals surface area contributed by atoms with Gasteiger partial charge in [0.25, 0.3) is 0 Å². The second-order valence-corrected chi connectivity index (χ2v) is 7.18.